The van der Waals surface area contributed by atoms with E-state index in [1.54, 1.807) is 6.92 Å². The molecule has 0 aromatic carbocycles. The zero-order valence-electron chi connectivity index (χ0n) is 14.8. The van der Waals surface area contributed by atoms with E-state index in [1.165, 1.54) is 24.5 Å². The second-order valence-electron chi connectivity index (χ2n) is 6.08. The highest BCUT2D eigenvalue weighted by atomic mass is 16.5. The van der Waals surface area contributed by atoms with Crippen molar-refractivity contribution in [3.8, 4) is 0 Å². The summed E-state index contributed by atoms with van der Waals surface area (Å²) in [7, 11) is 0. The van der Waals surface area contributed by atoms with Gasteiger partial charge in [0.1, 0.15) is 23.7 Å². The standard InChI is InChI=1S/C18H24N2O6/c1-12-15(9-14(10-21)26-12)17(23)25-11-16(22)20-18(24)19-8-7-13-5-3-2-4-6-13/h5,9,21H,2-4,6-8,10-11H2,1H3,(H2,19,20,22,24). The number of aryl methyl sites for hydroxylation is 1. The second kappa shape index (κ2) is 9.76. The van der Waals surface area contributed by atoms with E-state index in [4.69, 9.17) is 14.3 Å². The van der Waals surface area contributed by atoms with Crippen molar-refractivity contribution in [2.75, 3.05) is 13.2 Å². The molecule has 8 nitrogen and oxygen atoms in total. The van der Waals surface area contributed by atoms with Gasteiger partial charge in [0, 0.05) is 6.54 Å². The van der Waals surface area contributed by atoms with Crippen molar-refractivity contribution < 1.29 is 28.6 Å². The molecular formula is C18H24N2O6. The van der Waals surface area contributed by atoms with Crippen molar-refractivity contribution in [1.29, 1.82) is 0 Å². The molecular weight excluding hydrogens is 340 g/mol. The minimum atomic E-state index is -0.759. The number of furan rings is 1. The highest BCUT2D eigenvalue weighted by Gasteiger charge is 2.18. The van der Waals surface area contributed by atoms with Crippen LogP contribution in [-0.4, -0.2) is 36.2 Å². The highest BCUT2D eigenvalue weighted by molar-refractivity contribution is 5.97. The monoisotopic (exact) mass is 364 g/mol. The molecule has 0 unspecified atom stereocenters. The van der Waals surface area contributed by atoms with Crippen LogP contribution in [0.3, 0.4) is 0 Å². The number of ether oxygens (including phenoxy) is 1. The van der Waals surface area contributed by atoms with Crippen LogP contribution in [0.15, 0.2) is 22.1 Å². The average Bonchev–Trinajstić information content (AvgIpc) is 3.01. The average molecular weight is 364 g/mol. The van der Waals surface area contributed by atoms with E-state index in [9.17, 15) is 14.4 Å². The summed E-state index contributed by atoms with van der Waals surface area (Å²) >= 11 is 0. The fraction of sp³-hybridized carbons (Fsp3) is 0.500. The largest absolute Gasteiger partial charge is 0.463 e. The molecule has 0 radical (unpaired) electrons. The Morgan fingerprint density at radius 3 is 2.77 bits per heavy atom. The first-order chi connectivity index (χ1) is 12.5. The molecule has 26 heavy (non-hydrogen) atoms. The third-order valence-corrected chi connectivity index (χ3v) is 4.05. The van der Waals surface area contributed by atoms with Crippen LogP contribution < -0.4 is 10.6 Å². The van der Waals surface area contributed by atoms with Gasteiger partial charge in [0.2, 0.25) is 0 Å². The Morgan fingerprint density at radius 1 is 1.31 bits per heavy atom. The maximum absolute atomic E-state index is 11.9. The molecule has 0 bridgehead atoms. The molecule has 0 saturated carbocycles. The van der Waals surface area contributed by atoms with Crippen LogP contribution >= 0.6 is 0 Å². The van der Waals surface area contributed by atoms with Crippen molar-refractivity contribution in [3.05, 3.63) is 34.8 Å². The lowest BCUT2D eigenvalue weighted by atomic mass is 9.97. The number of aliphatic hydroxyl groups excluding tert-OH is 1. The number of hydrogen-bond acceptors (Lipinski definition) is 6. The van der Waals surface area contributed by atoms with Gasteiger partial charge in [0.05, 0.1) is 0 Å². The third-order valence-electron chi connectivity index (χ3n) is 4.05. The van der Waals surface area contributed by atoms with Crippen LogP contribution in [0.5, 0.6) is 0 Å². The van der Waals surface area contributed by atoms with Gasteiger partial charge in [-0.3, -0.25) is 10.1 Å². The topological polar surface area (TPSA) is 118 Å². The Kier molecular flexibility index (Phi) is 7.40. The van der Waals surface area contributed by atoms with Crippen molar-refractivity contribution in [3.63, 3.8) is 0 Å². The third kappa shape index (κ3) is 6.03. The van der Waals surface area contributed by atoms with E-state index in [1.807, 2.05) is 0 Å². The lowest BCUT2D eigenvalue weighted by Crippen LogP contribution is -2.41. The lowest BCUT2D eigenvalue weighted by Gasteiger charge is -2.13. The number of urea groups is 1. The van der Waals surface area contributed by atoms with E-state index in [2.05, 4.69) is 16.7 Å². The SMILES string of the molecule is Cc1oc(CO)cc1C(=O)OCC(=O)NC(=O)NCCC1=CCCCC1. The minimum Gasteiger partial charge on any atom is -0.463 e. The van der Waals surface area contributed by atoms with E-state index in [0.29, 0.717) is 6.54 Å². The van der Waals surface area contributed by atoms with Crippen LogP contribution in [0.1, 0.15) is 54.0 Å². The molecule has 0 spiro atoms. The van der Waals surface area contributed by atoms with Crippen molar-refractivity contribution in [1.82, 2.24) is 10.6 Å². The molecule has 1 heterocycles. The summed E-state index contributed by atoms with van der Waals surface area (Å²) in [6.45, 7) is 1.07. The molecule has 0 atom stereocenters. The zero-order chi connectivity index (χ0) is 18.9. The van der Waals surface area contributed by atoms with Gasteiger partial charge >= 0.3 is 12.0 Å². The number of nitrogens with one attached hydrogen (secondary N) is 2. The van der Waals surface area contributed by atoms with Gasteiger partial charge in [-0.15, -0.1) is 0 Å². The number of carbonyl (C=O) groups is 3. The molecule has 0 aliphatic heterocycles. The van der Waals surface area contributed by atoms with Crippen molar-refractivity contribution in [2.24, 2.45) is 0 Å². The van der Waals surface area contributed by atoms with E-state index in [0.717, 1.165) is 19.3 Å². The number of esters is 1. The number of allylic oxidation sites excluding steroid dienone is 1. The van der Waals surface area contributed by atoms with Gasteiger partial charge < -0.3 is 19.6 Å². The Balaban J connectivity index is 1.67. The first-order valence-corrected chi connectivity index (χ1v) is 8.62. The minimum absolute atomic E-state index is 0.132. The summed E-state index contributed by atoms with van der Waals surface area (Å²) in [5, 5.41) is 13.7. The Labute approximate surface area is 151 Å². The maximum Gasteiger partial charge on any atom is 0.342 e. The molecule has 1 aliphatic rings. The summed E-state index contributed by atoms with van der Waals surface area (Å²) in [5.41, 5.74) is 1.46. The summed E-state index contributed by atoms with van der Waals surface area (Å²) in [6.07, 6.45) is 7.50. The van der Waals surface area contributed by atoms with E-state index >= 15 is 0 Å². The van der Waals surface area contributed by atoms with Crippen molar-refractivity contribution >= 4 is 17.9 Å². The number of amides is 3. The highest BCUT2D eigenvalue weighted by Crippen LogP contribution is 2.19. The zero-order valence-corrected chi connectivity index (χ0v) is 14.8. The van der Waals surface area contributed by atoms with Gasteiger partial charge in [0.25, 0.3) is 5.91 Å². The van der Waals surface area contributed by atoms with Crippen LogP contribution in [0, 0.1) is 6.92 Å². The Bertz CT molecular complexity index is 692. The van der Waals surface area contributed by atoms with Crippen molar-refractivity contribution in [2.45, 2.75) is 45.6 Å². The fourth-order valence-electron chi connectivity index (χ4n) is 2.71. The summed E-state index contributed by atoms with van der Waals surface area (Å²) in [4.78, 5) is 35.2. The number of rotatable bonds is 7. The van der Waals surface area contributed by atoms with Crippen LogP contribution in [-0.2, 0) is 16.1 Å². The van der Waals surface area contributed by atoms with Crippen LogP contribution in [0.2, 0.25) is 0 Å². The Hall–Kier alpha value is -2.61. The summed E-state index contributed by atoms with van der Waals surface area (Å²) in [5.74, 6) is -0.970. The quantitative estimate of drug-likeness (QED) is 0.503. The smallest absolute Gasteiger partial charge is 0.342 e. The molecule has 142 valence electrons. The fourth-order valence-corrected chi connectivity index (χ4v) is 2.71. The molecule has 2 rings (SSSR count). The molecule has 0 saturated heterocycles. The van der Waals surface area contributed by atoms with Crippen LogP contribution in [0.4, 0.5) is 4.79 Å². The van der Waals surface area contributed by atoms with Gasteiger partial charge in [-0.1, -0.05) is 11.6 Å². The van der Waals surface area contributed by atoms with E-state index < -0.39 is 24.5 Å². The number of hydrogen-bond donors (Lipinski definition) is 3. The predicted octanol–water partition coefficient (Wildman–Crippen LogP) is 1.95. The maximum atomic E-state index is 11.9. The van der Waals surface area contributed by atoms with E-state index in [-0.39, 0.29) is 23.7 Å². The molecule has 1 aromatic heterocycles. The molecule has 3 N–H and O–H groups in total. The first kappa shape index (κ1) is 19.7. The summed E-state index contributed by atoms with van der Waals surface area (Å²) in [6, 6.07) is 0.729. The predicted molar refractivity (Wildman–Crippen MR) is 92.4 cm³/mol. The molecule has 1 aliphatic carbocycles. The summed E-state index contributed by atoms with van der Waals surface area (Å²) < 4.78 is 9.98. The van der Waals surface area contributed by atoms with Gasteiger partial charge in [0.15, 0.2) is 6.61 Å². The Morgan fingerprint density at radius 2 is 2.12 bits per heavy atom. The molecule has 3 amide bonds. The number of carbonyl (C=O) groups excluding carboxylic acids is 3. The normalized spacial score (nSPS) is 13.7. The lowest BCUT2D eigenvalue weighted by molar-refractivity contribution is -0.123. The van der Waals surface area contributed by atoms with Gasteiger partial charge in [-0.05, 0) is 45.1 Å². The number of aliphatic hydroxyl groups is 1. The van der Waals surface area contributed by atoms with Gasteiger partial charge in [-0.25, -0.2) is 9.59 Å². The molecule has 0 fully saturated rings. The number of imide groups is 1. The van der Waals surface area contributed by atoms with Gasteiger partial charge in [-0.2, -0.15) is 0 Å². The molecule has 1 aromatic rings. The van der Waals surface area contributed by atoms with Crippen LogP contribution in [0.25, 0.3) is 0 Å². The second-order valence-corrected chi connectivity index (χ2v) is 6.08. The first-order valence-electron chi connectivity index (χ1n) is 8.62. The molecule has 8 heteroatoms.